The number of Topliss-reactive ketones (excluding diaryl/α,β-unsaturated/α-hetero) is 1. The lowest BCUT2D eigenvalue weighted by atomic mass is 9.95. The van der Waals surface area contributed by atoms with Gasteiger partial charge in [0.2, 0.25) is 0 Å². The number of hydrogen-bond donors (Lipinski definition) is 1. The monoisotopic (exact) mass is 512 g/mol. The molecule has 0 radical (unpaired) electrons. The quantitative estimate of drug-likeness (QED) is 0.214. The molecule has 1 N–H and O–H groups in total. The molecule has 1 amide bonds. The van der Waals surface area contributed by atoms with Gasteiger partial charge in [-0.05, 0) is 55.1 Å². The highest BCUT2D eigenvalue weighted by atomic mass is 79.9. The molecule has 0 aromatic heterocycles. The van der Waals surface area contributed by atoms with Gasteiger partial charge >= 0.3 is 0 Å². The Kier molecular flexibility index (Phi) is 8.47. The van der Waals surface area contributed by atoms with Crippen molar-refractivity contribution in [1.29, 1.82) is 0 Å². The highest BCUT2D eigenvalue weighted by Gasteiger charge is 2.45. The first kappa shape index (κ1) is 24.7. The molecule has 174 valence electrons. The third-order valence-corrected chi connectivity index (χ3v) is 6.30. The molecule has 1 aliphatic heterocycles. The van der Waals surface area contributed by atoms with Gasteiger partial charge in [-0.15, -0.1) is 0 Å². The zero-order chi connectivity index (χ0) is 24.0. The SMILES string of the molecule is C=CCOc1ccc(C(O)=C2C(=O)C(=O)N(CCN(CC)CC)[C@@H]2c2ccc(Br)cc2)cc1. The van der Waals surface area contributed by atoms with Crippen LogP contribution in [-0.2, 0) is 9.59 Å². The first-order chi connectivity index (χ1) is 15.9. The molecular weight excluding hydrogens is 484 g/mol. The van der Waals surface area contributed by atoms with Gasteiger partial charge in [0.05, 0.1) is 11.6 Å². The molecule has 1 heterocycles. The summed E-state index contributed by atoms with van der Waals surface area (Å²) in [5.41, 5.74) is 1.32. The fourth-order valence-corrected chi connectivity index (χ4v) is 4.18. The van der Waals surface area contributed by atoms with Crippen LogP contribution < -0.4 is 4.74 Å². The van der Waals surface area contributed by atoms with Crippen molar-refractivity contribution in [1.82, 2.24) is 9.80 Å². The van der Waals surface area contributed by atoms with Crippen LogP contribution in [0.5, 0.6) is 5.75 Å². The van der Waals surface area contributed by atoms with Gasteiger partial charge < -0.3 is 19.6 Å². The molecule has 0 unspecified atom stereocenters. The maximum absolute atomic E-state index is 13.1. The molecule has 0 bridgehead atoms. The number of likely N-dealkylation sites (N-methyl/N-ethyl adjacent to an activating group) is 1. The molecular formula is C26H29BrN2O4. The number of aliphatic hydroxyl groups excluding tert-OH is 1. The number of nitrogens with zero attached hydrogens (tertiary/aromatic N) is 2. The number of hydrogen-bond acceptors (Lipinski definition) is 5. The lowest BCUT2D eigenvalue weighted by molar-refractivity contribution is -0.140. The van der Waals surface area contributed by atoms with Crippen molar-refractivity contribution in [3.8, 4) is 5.75 Å². The fourth-order valence-electron chi connectivity index (χ4n) is 3.91. The highest BCUT2D eigenvalue weighted by Crippen LogP contribution is 2.39. The number of halogens is 1. The number of benzene rings is 2. The Morgan fingerprint density at radius 3 is 2.33 bits per heavy atom. The number of ketones is 1. The van der Waals surface area contributed by atoms with Crippen LogP contribution in [0.3, 0.4) is 0 Å². The number of aliphatic hydroxyl groups is 1. The van der Waals surface area contributed by atoms with Crippen molar-refractivity contribution >= 4 is 33.4 Å². The third-order valence-electron chi connectivity index (χ3n) is 5.77. The maximum Gasteiger partial charge on any atom is 0.295 e. The molecule has 2 aromatic carbocycles. The van der Waals surface area contributed by atoms with E-state index in [-0.39, 0.29) is 11.3 Å². The predicted octanol–water partition coefficient (Wildman–Crippen LogP) is 4.78. The van der Waals surface area contributed by atoms with E-state index in [4.69, 9.17) is 4.74 Å². The largest absolute Gasteiger partial charge is 0.507 e. The Balaban J connectivity index is 2.03. The van der Waals surface area contributed by atoms with Crippen molar-refractivity contribution in [2.24, 2.45) is 0 Å². The fraction of sp³-hybridized carbons (Fsp3) is 0.308. The van der Waals surface area contributed by atoms with E-state index in [2.05, 4.69) is 41.3 Å². The molecule has 3 rings (SSSR count). The Bertz CT molecular complexity index is 1030. The second-order valence-corrected chi connectivity index (χ2v) is 8.61. The predicted molar refractivity (Wildman–Crippen MR) is 133 cm³/mol. The molecule has 6 nitrogen and oxygen atoms in total. The zero-order valence-electron chi connectivity index (χ0n) is 19.0. The standard InChI is InChI=1S/C26H29BrN2O4/c1-4-17-33-21-13-9-19(10-14-21)24(30)22-23(18-7-11-20(27)12-8-18)29(26(32)25(22)31)16-15-28(5-2)6-3/h4,7-14,23,30H,1,5-6,15-17H2,2-3H3/t23-/m1/s1. The molecule has 33 heavy (non-hydrogen) atoms. The number of carbonyl (C=O) groups excluding carboxylic acids is 2. The first-order valence-electron chi connectivity index (χ1n) is 11.0. The Hall–Kier alpha value is -2.90. The number of amides is 1. The van der Waals surface area contributed by atoms with E-state index in [1.54, 1.807) is 35.2 Å². The average Bonchev–Trinajstić information content (AvgIpc) is 3.08. The summed E-state index contributed by atoms with van der Waals surface area (Å²) in [4.78, 5) is 29.9. The Morgan fingerprint density at radius 2 is 1.76 bits per heavy atom. The first-order valence-corrected chi connectivity index (χ1v) is 11.8. The van der Waals surface area contributed by atoms with Gasteiger partial charge in [0.25, 0.3) is 11.7 Å². The molecule has 1 fully saturated rings. The summed E-state index contributed by atoms with van der Waals surface area (Å²) in [5, 5.41) is 11.2. The van der Waals surface area contributed by atoms with E-state index >= 15 is 0 Å². The van der Waals surface area contributed by atoms with Crippen LogP contribution in [0.1, 0.15) is 31.0 Å². The Morgan fingerprint density at radius 1 is 1.12 bits per heavy atom. The van der Waals surface area contributed by atoms with Gasteiger partial charge in [0, 0.05) is 23.1 Å². The van der Waals surface area contributed by atoms with E-state index < -0.39 is 17.7 Å². The second-order valence-electron chi connectivity index (χ2n) is 7.69. The minimum absolute atomic E-state index is 0.0987. The van der Waals surface area contributed by atoms with Crippen LogP contribution in [-0.4, -0.2) is 59.4 Å². The van der Waals surface area contributed by atoms with Gasteiger partial charge in [-0.1, -0.05) is 54.6 Å². The van der Waals surface area contributed by atoms with Crippen molar-refractivity contribution < 1.29 is 19.4 Å². The summed E-state index contributed by atoms with van der Waals surface area (Å²) in [5.74, 6) is -0.841. The molecule has 0 aliphatic carbocycles. The molecule has 0 spiro atoms. The lowest BCUT2D eigenvalue weighted by Gasteiger charge is -2.28. The van der Waals surface area contributed by atoms with Crippen molar-refractivity contribution in [3.05, 3.63) is 82.4 Å². The van der Waals surface area contributed by atoms with Crippen molar-refractivity contribution in [2.75, 3.05) is 32.8 Å². The number of likely N-dealkylation sites (tertiary alicyclic amines) is 1. The lowest BCUT2D eigenvalue weighted by Crippen LogP contribution is -2.38. The molecule has 7 heteroatoms. The summed E-state index contributed by atoms with van der Waals surface area (Å²) in [7, 11) is 0. The van der Waals surface area contributed by atoms with Gasteiger partial charge in [-0.2, -0.15) is 0 Å². The summed E-state index contributed by atoms with van der Waals surface area (Å²) in [6.07, 6.45) is 1.64. The zero-order valence-corrected chi connectivity index (χ0v) is 20.5. The number of carbonyl (C=O) groups is 2. The summed E-state index contributed by atoms with van der Waals surface area (Å²) in [6, 6.07) is 13.6. The average molecular weight is 513 g/mol. The van der Waals surface area contributed by atoms with Gasteiger partial charge in [0.1, 0.15) is 18.1 Å². The highest BCUT2D eigenvalue weighted by molar-refractivity contribution is 9.10. The van der Waals surface area contributed by atoms with E-state index in [0.29, 0.717) is 31.0 Å². The van der Waals surface area contributed by atoms with E-state index in [1.165, 1.54) is 0 Å². The van der Waals surface area contributed by atoms with Crippen LogP contribution in [0, 0.1) is 0 Å². The third kappa shape index (κ3) is 5.54. The Labute approximate surface area is 203 Å². The van der Waals surface area contributed by atoms with Crippen LogP contribution in [0.25, 0.3) is 5.76 Å². The number of rotatable bonds is 10. The maximum atomic E-state index is 13.1. The summed E-state index contributed by atoms with van der Waals surface area (Å²) >= 11 is 3.43. The van der Waals surface area contributed by atoms with Crippen LogP contribution in [0.4, 0.5) is 0 Å². The van der Waals surface area contributed by atoms with Crippen molar-refractivity contribution in [2.45, 2.75) is 19.9 Å². The summed E-state index contributed by atoms with van der Waals surface area (Å²) < 4.78 is 6.38. The van der Waals surface area contributed by atoms with Crippen LogP contribution in [0.15, 0.2) is 71.2 Å². The van der Waals surface area contributed by atoms with Crippen molar-refractivity contribution in [3.63, 3.8) is 0 Å². The van der Waals surface area contributed by atoms with Crippen LogP contribution in [0.2, 0.25) is 0 Å². The molecule has 1 aliphatic rings. The molecule has 2 aromatic rings. The molecule has 1 atom stereocenters. The van der Waals surface area contributed by atoms with Crippen LogP contribution >= 0.6 is 15.9 Å². The van der Waals surface area contributed by atoms with Gasteiger partial charge in [0.15, 0.2) is 0 Å². The van der Waals surface area contributed by atoms with E-state index in [1.807, 2.05) is 24.3 Å². The topological polar surface area (TPSA) is 70.1 Å². The van der Waals surface area contributed by atoms with E-state index in [9.17, 15) is 14.7 Å². The minimum atomic E-state index is -0.674. The second kappa shape index (κ2) is 11.3. The van der Waals surface area contributed by atoms with Gasteiger partial charge in [-0.3, -0.25) is 9.59 Å². The minimum Gasteiger partial charge on any atom is -0.507 e. The number of ether oxygens (including phenoxy) is 1. The normalized spacial score (nSPS) is 17.6. The summed E-state index contributed by atoms with van der Waals surface area (Å²) in [6.45, 7) is 10.8. The van der Waals surface area contributed by atoms with E-state index in [0.717, 1.165) is 23.1 Å². The van der Waals surface area contributed by atoms with Gasteiger partial charge in [-0.25, -0.2) is 0 Å². The molecule has 0 saturated carbocycles. The smallest absolute Gasteiger partial charge is 0.295 e. The molecule has 1 saturated heterocycles.